The molecular formula is C10H16O. The zero-order chi connectivity index (χ0) is 8.32. The zero-order valence-electron chi connectivity index (χ0n) is 7.14. The highest BCUT2D eigenvalue weighted by Gasteiger charge is 2.28. The topological polar surface area (TPSA) is 20.2 Å². The maximum Gasteiger partial charge on any atom is 0.0548 e. The predicted molar refractivity (Wildman–Crippen MR) is 46.3 cm³/mol. The molecule has 0 aromatic carbocycles. The van der Waals surface area contributed by atoms with E-state index >= 15 is 0 Å². The Bertz CT molecular complexity index is 179. The minimum absolute atomic E-state index is 0.113. The molecule has 0 saturated heterocycles. The quantitative estimate of drug-likeness (QED) is 0.571. The first-order valence-electron chi connectivity index (χ1n) is 4.21. The van der Waals surface area contributed by atoms with Gasteiger partial charge in [-0.15, -0.1) is 5.73 Å². The highest BCUT2D eigenvalue weighted by Crippen LogP contribution is 2.36. The van der Waals surface area contributed by atoms with Gasteiger partial charge in [0.1, 0.15) is 0 Å². The van der Waals surface area contributed by atoms with Crippen molar-refractivity contribution in [3.63, 3.8) is 0 Å². The van der Waals surface area contributed by atoms with Crippen molar-refractivity contribution in [1.82, 2.24) is 0 Å². The van der Waals surface area contributed by atoms with Crippen LogP contribution in [0.4, 0.5) is 0 Å². The Morgan fingerprint density at radius 1 is 1.73 bits per heavy atom. The van der Waals surface area contributed by atoms with Crippen LogP contribution in [0.5, 0.6) is 0 Å². The third-order valence-electron chi connectivity index (χ3n) is 2.44. The van der Waals surface area contributed by atoms with E-state index < -0.39 is 0 Å². The molecule has 1 saturated carbocycles. The predicted octanol–water partition coefficient (Wildman–Crippen LogP) is 2.27. The normalized spacial score (nSPS) is 37.8. The Morgan fingerprint density at radius 2 is 2.45 bits per heavy atom. The zero-order valence-corrected chi connectivity index (χ0v) is 7.14. The van der Waals surface area contributed by atoms with Gasteiger partial charge in [-0.05, 0) is 30.8 Å². The first-order chi connectivity index (χ1) is 5.16. The van der Waals surface area contributed by atoms with E-state index in [9.17, 15) is 5.11 Å². The van der Waals surface area contributed by atoms with Gasteiger partial charge in [0.15, 0.2) is 0 Å². The van der Waals surface area contributed by atoms with Gasteiger partial charge in [-0.25, -0.2) is 0 Å². The van der Waals surface area contributed by atoms with Crippen molar-refractivity contribution < 1.29 is 5.11 Å². The molecule has 0 heterocycles. The van der Waals surface area contributed by atoms with Crippen LogP contribution >= 0.6 is 0 Å². The number of aliphatic hydroxyl groups excluding tert-OH is 1. The fourth-order valence-corrected chi connectivity index (χ4v) is 1.86. The van der Waals surface area contributed by atoms with Crippen molar-refractivity contribution in [3.8, 4) is 0 Å². The van der Waals surface area contributed by atoms with Gasteiger partial charge in [0.05, 0.1) is 6.10 Å². The smallest absolute Gasteiger partial charge is 0.0548 e. The molecule has 2 unspecified atom stereocenters. The molecule has 0 aromatic heterocycles. The summed E-state index contributed by atoms with van der Waals surface area (Å²) in [6.07, 6.45) is 5.99. The fourth-order valence-electron chi connectivity index (χ4n) is 1.86. The third-order valence-corrected chi connectivity index (χ3v) is 2.44. The van der Waals surface area contributed by atoms with Gasteiger partial charge in [0, 0.05) is 0 Å². The summed E-state index contributed by atoms with van der Waals surface area (Å²) in [6.45, 7) is 5.72. The molecule has 0 amide bonds. The van der Waals surface area contributed by atoms with E-state index in [1.165, 1.54) is 0 Å². The molecule has 0 bridgehead atoms. The molecule has 1 nitrogen and oxygen atoms in total. The number of allylic oxidation sites excluding steroid dienone is 1. The average molecular weight is 152 g/mol. The van der Waals surface area contributed by atoms with Crippen LogP contribution in [0.2, 0.25) is 0 Å². The van der Waals surface area contributed by atoms with Crippen LogP contribution in [0.15, 0.2) is 18.4 Å². The van der Waals surface area contributed by atoms with E-state index in [0.29, 0.717) is 0 Å². The molecular weight excluding hydrogens is 136 g/mol. The number of hydrogen-bond donors (Lipinski definition) is 1. The molecule has 0 aliphatic heterocycles. The monoisotopic (exact) mass is 152 g/mol. The summed E-state index contributed by atoms with van der Waals surface area (Å²) < 4.78 is 0. The number of rotatable bonds is 1. The van der Waals surface area contributed by atoms with Crippen molar-refractivity contribution in [2.45, 2.75) is 38.7 Å². The molecule has 2 atom stereocenters. The summed E-state index contributed by atoms with van der Waals surface area (Å²) in [5.74, 6) is 0. The first kappa shape index (κ1) is 8.58. The lowest BCUT2D eigenvalue weighted by Gasteiger charge is -2.32. The van der Waals surface area contributed by atoms with Crippen LogP contribution in [-0.2, 0) is 0 Å². The van der Waals surface area contributed by atoms with Crippen molar-refractivity contribution in [2.24, 2.45) is 5.41 Å². The van der Waals surface area contributed by atoms with E-state index in [-0.39, 0.29) is 11.5 Å². The lowest BCUT2D eigenvalue weighted by molar-refractivity contribution is 0.0794. The molecule has 11 heavy (non-hydrogen) atoms. The van der Waals surface area contributed by atoms with Crippen molar-refractivity contribution in [3.05, 3.63) is 18.4 Å². The summed E-state index contributed by atoms with van der Waals surface area (Å²) in [6, 6.07) is 0. The van der Waals surface area contributed by atoms with Crippen LogP contribution in [0.25, 0.3) is 0 Å². The van der Waals surface area contributed by atoms with Crippen LogP contribution in [0.1, 0.15) is 32.6 Å². The van der Waals surface area contributed by atoms with E-state index in [0.717, 1.165) is 25.7 Å². The van der Waals surface area contributed by atoms with Gasteiger partial charge in [-0.3, -0.25) is 0 Å². The van der Waals surface area contributed by atoms with E-state index in [1.54, 1.807) is 0 Å². The van der Waals surface area contributed by atoms with Crippen LogP contribution in [0.3, 0.4) is 0 Å². The van der Waals surface area contributed by atoms with E-state index in [4.69, 9.17) is 0 Å². The Hall–Kier alpha value is -0.520. The Balaban J connectivity index is 2.62. The molecule has 1 heteroatoms. The van der Waals surface area contributed by atoms with E-state index in [1.807, 2.05) is 6.08 Å². The molecule has 62 valence electrons. The van der Waals surface area contributed by atoms with Gasteiger partial charge < -0.3 is 5.11 Å². The van der Waals surface area contributed by atoms with Gasteiger partial charge in [-0.2, -0.15) is 0 Å². The molecule has 1 aliphatic carbocycles. The second-order valence-electron chi connectivity index (χ2n) is 3.75. The maximum absolute atomic E-state index is 9.40. The molecule has 0 radical (unpaired) electrons. The molecule has 1 rings (SSSR count). The lowest BCUT2D eigenvalue weighted by atomic mass is 9.74. The first-order valence-corrected chi connectivity index (χ1v) is 4.21. The lowest BCUT2D eigenvalue weighted by Crippen LogP contribution is -2.26. The van der Waals surface area contributed by atoms with Gasteiger partial charge in [0.2, 0.25) is 0 Å². The highest BCUT2D eigenvalue weighted by atomic mass is 16.3. The van der Waals surface area contributed by atoms with Gasteiger partial charge in [0.25, 0.3) is 0 Å². The summed E-state index contributed by atoms with van der Waals surface area (Å²) in [5.41, 5.74) is 2.96. The Morgan fingerprint density at radius 3 is 3.00 bits per heavy atom. The van der Waals surface area contributed by atoms with E-state index in [2.05, 4.69) is 19.2 Å². The standard InChI is InChI=1S/C10H16O/c1-3-6-10(2)7-4-5-9(11)8-10/h6,9,11H,1,4-5,7-8H2,2H3. The second kappa shape index (κ2) is 3.25. The molecule has 1 aliphatic rings. The molecule has 0 spiro atoms. The minimum Gasteiger partial charge on any atom is -0.393 e. The van der Waals surface area contributed by atoms with Crippen molar-refractivity contribution in [2.75, 3.05) is 0 Å². The summed E-state index contributed by atoms with van der Waals surface area (Å²) in [4.78, 5) is 0. The highest BCUT2D eigenvalue weighted by molar-refractivity contribution is 4.98. The largest absolute Gasteiger partial charge is 0.393 e. The summed E-state index contributed by atoms with van der Waals surface area (Å²) in [7, 11) is 0. The van der Waals surface area contributed by atoms with Crippen LogP contribution < -0.4 is 0 Å². The average Bonchev–Trinajstić information content (AvgIpc) is 1.86. The summed E-state index contributed by atoms with van der Waals surface area (Å²) in [5, 5.41) is 9.40. The molecule has 1 N–H and O–H groups in total. The third kappa shape index (κ3) is 2.21. The molecule has 1 fully saturated rings. The number of hydrogen-bond acceptors (Lipinski definition) is 1. The SMILES string of the molecule is C=C=CC1(C)CCCC(O)C1. The van der Waals surface area contributed by atoms with Gasteiger partial charge in [-0.1, -0.05) is 19.9 Å². The Labute approximate surface area is 68.4 Å². The molecule has 0 aromatic rings. The van der Waals surface area contributed by atoms with Crippen LogP contribution in [0, 0.1) is 5.41 Å². The fraction of sp³-hybridized carbons (Fsp3) is 0.700. The number of aliphatic hydroxyl groups is 1. The second-order valence-corrected chi connectivity index (χ2v) is 3.75. The van der Waals surface area contributed by atoms with Crippen LogP contribution in [-0.4, -0.2) is 11.2 Å². The van der Waals surface area contributed by atoms with Crippen molar-refractivity contribution >= 4 is 0 Å². The minimum atomic E-state index is -0.113. The Kier molecular flexibility index (Phi) is 2.53. The maximum atomic E-state index is 9.40. The van der Waals surface area contributed by atoms with Crippen molar-refractivity contribution in [1.29, 1.82) is 0 Å². The summed E-state index contributed by atoms with van der Waals surface area (Å²) >= 11 is 0. The van der Waals surface area contributed by atoms with Gasteiger partial charge >= 0.3 is 0 Å².